The molecule has 0 spiro atoms. The fraction of sp³-hybridized carbons (Fsp3) is 0.474. The SMILES string of the molecule is CCCN(C(=O)COc1cc2sc(C)nc2c2sccc12)C1CCS(=O)(=O)C1. The van der Waals surface area contributed by atoms with E-state index in [1.807, 2.05) is 31.4 Å². The van der Waals surface area contributed by atoms with Gasteiger partial charge in [-0.15, -0.1) is 22.7 Å². The van der Waals surface area contributed by atoms with Gasteiger partial charge in [0.2, 0.25) is 0 Å². The highest BCUT2D eigenvalue weighted by Crippen LogP contribution is 2.38. The maximum absolute atomic E-state index is 12.8. The van der Waals surface area contributed by atoms with Gasteiger partial charge in [0.1, 0.15) is 5.75 Å². The van der Waals surface area contributed by atoms with Crippen molar-refractivity contribution in [1.29, 1.82) is 0 Å². The van der Waals surface area contributed by atoms with Crippen molar-refractivity contribution in [3.05, 3.63) is 22.5 Å². The van der Waals surface area contributed by atoms with E-state index < -0.39 is 9.84 Å². The smallest absolute Gasteiger partial charge is 0.260 e. The first-order valence-electron chi connectivity index (χ1n) is 9.28. The molecule has 2 aromatic heterocycles. The number of thiophene rings is 1. The number of rotatable bonds is 6. The number of sulfone groups is 1. The molecule has 6 nitrogen and oxygen atoms in total. The third kappa shape index (κ3) is 3.75. The zero-order valence-electron chi connectivity index (χ0n) is 15.8. The zero-order chi connectivity index (χ0) is 19.9. The second-order valence-electron chi connectivity index (χ2n) is 7.05. The molecule has 1 aromatic carbocycles. The van der Waals surface area contributed by atoms with E-state index in [0.29, 0.717) is 18.7 Å². The van der Waals surface area contributed by atoms with Gasteiger partial charge in [0.15, 0.2) is 16.4 Å². The molecule has 0 N–H and O–H groups in total. The number of aromatic nitrogens is 1. The summed E-state index contributed by atoms with van der Waals surface area (Å²) in [5, 5.41) is 3.95. The molecule has 0 radical (unpaired) electrons. The molecular formula is C19H22N2O4S3. The molecule has 0 bridgehead atoms. The standard InChI is InChI=1S/C19H22N2O4S3/c1-3-6-21(13-5-8-28(23,24)11-13)17(22)10-25-15-9-16-18(20-12(2)27-16)19-14(15)4-7-26-19/h4,7,9,13H,3,5-6,8,10-11H2,1-2H3. The Balaban J connectivity index is 1.55. The maximum atomic E-state index is 12.8. The van der Waals surface area contributed by atoms with E-state index in [0.717, 1.165) is 31.7 Å². The first-order valence-corrected chi connectivity index (χ1v) is 12.8. The average Bonchev–Trinajstić information content (AvgIpc) is 3.34. The van der Waals surface area contributed by atoms with Crippen LogP contribution in [0.25, 0.3) is 20.3 Å². The second-order valence-corrected chi connectivity index (χ2v) is 11.4. The van der Waals surface area contributed by atoms with Crippen molar-refractivity contribution in [1.82, 2.24) is 9.88 Å². The number of carbonyl (C=O) groups is 1. The van der Waals surface area contributed by atoms with Crippen molar-refractivity contribution >= 4 is 58.7 Å². The molecule has 1 amide bonds. The lowest BCUT2D eigenvalue weighted by atomic mass is 10.2. The minimum Gasteiger partial charge on any atom is -0.483 e. The number of aryl methyl sites for hydroxylation is 1. The van der Waals surface area contributed by atoms with E-state index in [9.17, 15) is 13.2 Å². The highest BCUT2D eigenvalue weighted by Gasteiger charge is 2.34. The van der Waals surface area contributed by atoms with E-state index in [1.54, 1.807) is 27.6 Å². The summed E-state index contributed by atoms with van der Waals surface area (Å²) in [5.74, 6) is 0.729. The third-order valence-electron chi connectivity index (χ3n) is 4.95. The lowest BCUT2D eigenvalue weighted by Gasteiger charge is -2.28. The number of fused-ring (bicyclic) bond motifs is 3. The van der Waals surface area contributed by atoms with E-state index in [1.165, 1.54) is 0 Å². The molecule has 0 saturated carbocycles. The van der Waals surface area contributed by atoms with Crippen LogP contribution in [0.3, 0.4) is 0 Å². The zero-order valence-corrected chi connectivity index (χ0v) is 18.3. The Labute approximate surface area is 172 Å². The van der Waals surface area contributed by atoms with Gasteiger partial charge in [-0.1, -0.05) is 6.92 Å². The molecule has 3 heterocycles. The highest BCUT2D eigenvalue weighted by atomic mass is 32.2. The first-order chi connectivity index (χ1) is 13.4. The summed E-state index contributed by atoms with van der Waals surface area (Å²) in [6.45, 7) is 4.42. The van der Waals surface area contributed by atoms with Crippen LogP contribution in [0.4, 0.5) is 0 Å². The summed E-state index contributed by atoms with van der Waals surface area (Å²) in [7, 11) is -3.04. The van der Waals surface area contributed by atoms with Crippen molar-refractivity contribution in [3.63, 3.8) is 0 Å². The Hall–Kier alpha value is -1.71. The molecule has 4 rings (SSSR count). The van der Waals surface area contributed by atoms with Crippen LogP contribution in [0.15, 0.2) is 17.5 Å². The first kappa shape index (κ1) is 19.6. The molecule has 3 aromatic rings. The summed E-state index contributed by atoms with van der Waals surface area (Å²) in [6.07, 6.45) is 1.29. The molecule has 1 fully saturated rings. The van der Waals surface area contributed by atoms with E-state index in [2.05, 4.69) is 4.98 Å². The van der Waals surface area contributed by atoms with Gasteiger partial charge in [0.25, 0.3) is 5.91 Å². The van der Waals surface area contributed by atoms with Crippen molar-refractivity contribution in [2.24, 2.45) is 0 Å². The normalized spacial score (nSPS) is 18.7. The molecule has 28 heavy (non-hydrogen) atoms. The van der Waals surface area contributed by atoms with Crippen LogP contribution >= 0.6 is 22.7 Å². The monoisotopic (exact) mass is 438 g/mol. The fourth-order valence-electron chi connectivity index (χ4n) is 3.70. The number of hydrogen-bond acceptors (Lipinski definition) is 7. The summed E-state index contributed by atoms with van der Waals surface area (Å²) in [4.78, 5) is 19.1. The lowest BCUT2D eigenvalue weighted by molar-refractivity contribution is -0.135. The van der Waals surface area contributed by atoms with Crippen LogP contribution in [-0.2, 0) is 14.6 Å². The minimum atomic E-state index is -3.04. The van der Waals surface area contributed by atoms with Gasteiger partial charge < -0.3 is 9.64 Å². The predicted octanol–water partition coefficient (Wildman–Crippen LogP) is 3.62. The van der Waals surface area contributed by atoms with Gasteiger partial charge in [-0.25, -0.2) is 13.4 Å². The lowest BCUT2D eigenvalue weighted by Crippen LogP contribution is -2.44. The molecule has 1 saturated heterocycles. The van der Waals surface area contributed by atoms with Crippen LogP contribution in [0.1, 0.15) is 24.8 Å². The fourth-order valence-corrected chi connectivity index (χ4v) is 7.27. The summed E-state index contributed by atoms with van der Waals surface area (Å²) < 4.78 is 31.7. The van der Waals surface area contributed by atoms with Gasteiger partial charge >= 0.3 is 0 Å². The Morgan fingerprint density at radius 2 is 2.25 bits per heavy atom. The molecule has 1 aliphatic heterocycles. The van der Waals surface area contributed by atoms with Crippen LogP contribution in [-0.4, -0.2) is 54.9 Å². The van der Waals surface area contributed by atoms with Crippen molar-refractivity contribution in [2.75, 3.05) is 24.7 Å². The van der Waals surface area contributed by atoms with Crippen molar-refractivity contribution in [3.8, 4) is 5.75 Å². The molecule has 1 aliphatic rings. The third-order valence-corrected chi connectivity index (χ3v) is 8.54. The highest BCUT2D eigenvalue weighted by molar-refractivity contribution is 7.91. The number of hydrogen-bond donors (Lipinski definition) is 0. The Bertz CT molecular complexity index is 1130. The minimum absolute atomic E-state index is 0.0552. The van der Waals surface area contributed by atoms with E-state index in [4.69, 9.17) is 4.74 Å². The summed E-state index contributed by atoms with van der Waals surface area (Å²) in [6, 6.07) is 3.70. The van der Waals surface area contributed by atoms with Gasteiger partial charge in [-0.05, 0) is 31.2 Å². The number of amides is 1. The number of thiazole rings is 1. The van der Waals surface area contributed by atoms with Crippen LogP contribution in [0.2, 0.25) is 0 Å². The average molecular weight is 439 g/mol. The number of ether oxygens (including phenoxy) is 1. The van der Waals surface area contributed by atoms with Crippen LogP contribution in [0, 0.1) is 6.92 Å². The van der Waals surface area contributed by atoms with Crippen molar-refractivity contribution in [2.45, 2.75) is 32.7 Å². The summed E-state index contributed by atoms with van der Waals surface area (Å²) >= 11 is 3.22. The van der Waals surface area contributed by atoms with Crippen LogP contribution in [0.5, 0.6) is 5.75 Å². The molecule has 1 atom stereocenters. The van der Waals surface area contributed by atoms with Gasteiger partial charge in [0, 0.05) is 24.0 Å². The van der Waals surface area contributed by atoms with E-state index >= 15 is 0 Å². The molecule has 1 unspecified atom stereocenters. The largest absolute Gasteiger partial charge is 0.483 e. The van der Waals surface area contributed by atoms with Crippen molar-refractivity contribution < 1.29 is 17.9 Å². The van der Waals surface area contributed by atoms with Gasteiger partial charge in [-0.2, -0.15) is 0 Å². The summed E-state index contributed by atoms with van der Waals surface area (Å²) in [5.41, 5.74) is 0.981. The number of nitrogens with zero attached hydrogens (tertiary/aromatic N) is 2. The molecular weight excluding hydrogens is 416 g/mol. The Morgan fingerprint density at radius 3 is 2.96 bits per heavy atom. The van der Waals surface area contributed by atoms with E-state index in [-0.39, 0.29) is 30.1 Å². The topological polar surface area (TPSA) is 76.6 Å². The Morgan fingerprint density at radius 1 is 1.43 bits per heavy atom. The Kier molecular flexibility index (Phi) is 5.32. The number of benzene rings is 1. The number of carbonyl (C=O) groups excluding carboxylic acids is 1. The second kappa shape index (κ2) is 7.61. The predicted molar refractivity (Wildman–Crippen MR) is 114 cm³/mol. The maximum Gasteiger partial charge on any atom is 0.260 e. The molecule has 9 heteroatoms. The van der Waals surface area contributed by atoms with Gasteiger partial charge in [-0.3, -0.25) is 4.79 Å². The quantitative estimate of drug-likeness (QED) is 0.587. The molecule has 150 valence electrons. The van der Waals surface area contributed by atoms with Crippen LogP contribution < -0.4 is 4.74 Å². The molecule has 0 aliphatic carbocycles. The van der Waals surface area contributed by atoms with Gasteiger partial charge in [0.05, 0.1) is 31.4 Å².